The SMILES string of the molecule is NC=O.O=Nc1ccccc1I. The van der Waals surface area contributed by atoms with Gasteiger partial charge in [0, 0.05) is 3.57 Å². The summed E-state index contributed by atoms with van der Waals surface area (Å²) >= 11 is 2.07. The van der Waals surface area contributed by atoms with Gasteiger partial charge in [0.1, 0.15) is 5.69 Å². The van der Waals surface area contributed by atoms with Crippen molar-refractivity contribution in [1.29, 1.82) is 0 Å². The van der Waals surface area contributed by atoms with Crippen molar-refractivity contribution < 1.29 is 4.79 Å². The molecule has 1 aromatic rings. The molecular weight excluding hydrogens is 271 g/mol. The van der Waals surface area contributed by atoms with E-state index in [0.717, 1.165) is 3.57 Å². The molecule has 0 aliphatic rings. The molecule has 0 bridgehead atoms. The molecule has 1 aromatic carbocycles. The molecule has 0 atom stereocenters. The van der Waals surface area contributed by atoms with Crippen LogP contribution in [0.5, 0.6) is 0 Å². The summed E-state index contributed by atoms with van der Waals surface area (Å²) in [7, 11) is 0. The number of primary amides is 1. The van der Waals surface area contributed by atoms with Crippen LogP contribution in [-0.4, -0.2) is 6.41 Å². The van der Waals surface area contributed by atoms with Gasteiger partial charge in [-0.1, -0.05) is 12.1 Å². The Morgan fingerprint density at radius 1 is 1.42 bits per heavy atom. The maximum atomic E-state index is 9.97. The number of halogens is 1. The van der Waals surface area contributed by atoms with E-state index in [1.54, 1.807) is 12.1 Å². The third kappa shape index (κ3) is 4.02. The van der Waals surface area contributed by atoms with Crippen molar-refractivity contribution in [2.45, 2.75) is 0 Å². The molecule has 0 aromatic heterocycles. The highest BCUT2D eigenvalue weighted by molar-refractivity contribution is 14.1. The Morgan fingerprint density at radius 2 is 1.92 bits per heavy atom. The number of amides is 1. The largest absolute Gasteiger partial charge is 0.372 e. The number of nitrogens with two attached hydrogens (primary N) is 1. The Hall–Kier alpha value is -0.980. The lowest BCUT2D eigenvalue weighted by Gasteiger charge is -1.89. The number of carbonyl (C=O) groups excluding carboxylic acids is 1. The molecule has 12 heavy (non-hydrogen) atoms. The maximum absolute atomic E-state index is 9.97. The van der Waals surface area contributed by atoms with Crippen LogP contribution in [0.15, 0.2) is 29.4 Å². The molecule has 0 heterocycles. The van der Waals surface area contributed by atoms with Gasteiger partial charge in [-0.3, -0.25) is 4.79 Å². The molecule has 5 heteroatoms. The van der Waals surface area contributed by atoms with Crippen molar-refractivity contribution in [3.8, 4) is 0 Å². The van der Waals surface area contributed by atoms with Crippen molar-refractivity contribution in [3.63, 3.8) is 0 Å². The van der Waals surface area contributed by atoms with Gasteiger partial charge in [0.2, 0.25) is 6.41 Å². The van der Waals surface area contributed by atoms with Crippen LogP contribution in [0.4, 0.5) is 5.69 Å². The molecule has 0 fully saturated rings. The Kier molecular flexibility index (Phi) is 6.16. The van der Waals surface area contributed by atoms with E-state index in [4.69, 9.17) is 4.79 Å². The second kappa shape index (κ2) is 6.71. The monoisotopic (exact) mass is 278 g/mol. The smallest absolute Gasteiger partial charge is 0.204 e. The van der Waals surface area contributed by atoms with E-state index in [-0.39, 0.29) is 6.41 Å². The van der Waals surface area contributed by atoms with Gasteiger partial charge in [-0.2, -0.15) is 0 Å². The molecule has 0 aliphatic heterocycles. The zero-order valence-electron chi connectivity index (χ0n) is 6.11. The summed E-state index contributed by atoms with van der Waals surface area (Å²) in [5, 5.41) is 2.81. The maximum Gasteiger partial charge on any atom is 0.204 e. The molecule has 2 N–H and O–H groups in total. The van der Waals surface area contributed by atoms with Crippen molar-refractivity contribution in [3.05, 3.63) is 32.7 Å². The minimum absolute atomic E-state index is 0.250. The fraction of sp³-hybridized carbons (Fsp3) is 0. The van der Waals surface area contributed by atoms with E-state index >= 15 is 0 Å². The van der Waals surface area contributed by atoms with E-state index in [0.29, 0.717) is 5.69 Å². The highest BCUT2D eigenvalue weighted by Crippen LogP contribution is 2.18. The van der Waals surface area contributed by atoms with Gasteiger partial charge in [0.15, 0.2) is 0 Å². The first-order chi connectivity index (χ1) is 5.76. The molecule has 0 unspecified atom stereocenters. The Bertz CT molecular complexity index is 265. The number of nitroso groups, excluding NO2 is 1. The van der Waals surface area contributed by atoms with Gasteiger partial charge >= 0.3 is 0 Å². The van der Waals surface area contributed by atoms with Crippen LogP contribution in [0.3, 0.4) is 0 Å². The third-order valence-corrected chi connectivity index (χ3v) is 1.86. The lowest BCUT2D eigenvalue weighted by Crippen LogP contribution is -1.82. The van der Waals surface area contributed by atoms with Crippen LogP contribution >= 0.6 is 22.6 Å². The normalized spacial score (nSPS) is 7.75. The zero-order valence-corrected chi connectivity index (χ0v) is 8.26. The lowest BCUT2D eigenvalue weighted by atomic mass is 10.3. The molecule has 1 amide bonds. The van der Waals surface area contributed by atoms with Crippen LogP contribution in [-0.2, 0) is 4.79 Å². The third-order valence-electron chi connectivity index (χ3n) is 0.951. The first-order valence-electron chi connectivity index (χ1n) is 2.99. The van der Waals surface area contributed by atoms with Crippen molar-refractivity contribution in [2.75, 3.05) is 0 Å². The summed E-state index contributed by atoms with van der Waals surface area (Å²) in [6.45, 7) is 0. The minimum Gasteiger partial charge on any atom is -0.372 e. The minimum atomic E-state index is 0.250. The van der Waals surface area contributed by atoms with Gasteiger partial charge < -0.3 is 5.73 Å². The first kappa shape index (κ1) is 11.0. The molecule has 0 saturated carbocycles. The molecular formula is C7H7IN2O2. The van der Waals surface area contributed by atoms with Gasteiger partial charge in [-0.25, -0.2) is 0 Å². The van der Waals surface area contributed by atoms with Crippen LogP contribution in [0.2, 0.25) is 0 Å². The van der Waals surface area contributed by atoms with Crippen LogP contribution in [0.25, 0.3) is 0 Å². The summed E-state index contributed by atoms with van der Waals surface area (Å²) in [6.07, 6.45) is 0.250. The number of carbonyl (C=O) groups is 1. The molecule has 64 valence electrons. The quantitative estimate of drug-likeness (QED) is 0.483. The summed E-state index contributed by atoms with van der Waals surface area (Å²) in [5.41, 5.74) is 4.68. The van der Waals surface area contributed by atoms with E-state index in [1.807, 2.05) is 12.1 Å². The van der Waals surface area contributed by atoms with Crippen LogP contribution < -0.4 is 5.73 Å². The standard InChI is InChI=1S/C6H4INO.CH3NO/c7-5-3-1-2-4-6(5)8-9;2-1-3/h1-4H;1H,(H2,2,3). The number of hydrogen-bond donors (Lipinski definition) is 1. The predicted octanol–water partition coefficient (Wildman–Crippen LogP) is 1.79. The topological polar surface area (TPSA) is 72.5 Å². The molecule has 4 nitrogen and oxygen atoms in total. The molecule has 0 spiro atoms. The van der Waals surface area contributed by atoms with E-state index in [9.17, 15) is 4.91 Å². The van der Waals surface area contributed by atoms with E-state index in [1.165, 1.54) is 0 Å². The lowest BCUT2D eigenvalue weighted by molar-refractivity contribution is -0.106. The molecule has 0 aliphatic carbocycles. The Balaban J connectivity index is 0.000000354. The van der Waals surface area contributed by atoms with Crippen molar-refractivity contribution in [1.82, 2.24) is 0 Å². The van der Waals surface area contributed by atoms with Gasteiger partial charge in [-0.15, -0.1) is 4.91 Å². The highest BCUT2D eigenvalue weighted by Gasteiger charge is 1.93. The molecule has 1 rings (SSSR count). The van der Waals surface area contributed by atoms with Gasteiger partial charge in [0.05, 0.1) is 0 Å². The first-order valence-corrected chi connectivity index (χ1v) is 4.07. The van der Waals surface area contributed by atoms with Crippen LogP contribution in [0, 0.1) is 8.48 Å². The Morgan fingerprint density at radius 3 is 2.25 bits per heavy atom. The summed E-state index contributed by atoms with van der Waals surface area (Å²) in [5.74, 6) is 0. The van der Waals surface area contributed by atoms with Crippen LogP contribution in [0.1, 0.15) is 0 Å². The summed E-state index contributed by atoms with van der Waals surface area (Å²) < 4.78 is 0.894. The number of benzene rings is 1. The second-order valence-electron chi connectivity index (χ2n) is 1.68. The highest BCUT2D eigenvalue weighted by atomic mass is 127. The number of nitrogens with zero attached hydrogens (tertiary/aromatic N) is 1. The predicted molar refractivity (Wildman–Crippen MR) is 54.9 cm³/mol. The number of hydrogen-bond acceptors (Lipinski definition) is 3. The second-order valence-corrected chi connectivity index (χ2v) is 2.84. The van der Waals surface area contributed by atoms with E-state index < -0.39 is 0 Å². The summed E-state index contributed by atoms with van der Waals surface area (Å²) in [4.78, 5) is 18.6. The van der Waals surface area contributed by atoms with Gasteiger partial charge in [0.25, 0.3) is 0 Å². The molecule has 0 saturated heterocycles. The fourth-order valence-electron chi connectivity index (χ4n) is 0.526. The summed E-state index contributed by atoms with van der Waals surface area (Å²) in [6, 6.07) is 7.20. The zero-order chi connectivity index (χ0) is 9.40. The average molecular weight is 278 g/mol. The fourth-order valence-corrected chi connectivity index (χ4v) is 1.01. The van der Waals surface area contributed by atoms with Gasteiger partial charge in [-0.05, 0) is 39.9 Å². The van der Waals surface area contributed by atoms with E-state index in [2.05, 4.69) is 33.5 Å². The van der Waals surface area contributed by atoms with Crippen molar-refractivity contribution >= 4 is 34.7 Å². The Labute approximate surface area is 83.3 Å². The van der Waals surface area contributed by atoms with Crippen molar-refractivity contribution in [2.24, 2.45) is 10.9 Å². The number of rotatable bonds is 1. The molecule has 0 radical (unpaired) electrons. The average Bonchev–Trinajstić information content (AvgIpc) is 2.07.